The monoisotopic (exact) mass is 916 g/mol. The number of imide groups is 2. The van der Waals surface area contributed by atoms with Gasteiger partial charge < -0.3 is 25.5 Å². The maximum absolute atomic E-state index is 14.4. The number of nitrogens with zero attached hydrogens (tertiary/aromatic N) is 5. The molecule has 4 aromatic rings. The lowest BCUT2D eigenvalue weighted by Crippen LogP contribution is -2.53. The molecule has 0 bridgehead atoms. The zero-order valence-electron chi connectivity index (χ0n) is 36.8. The molecular formula is C49H53FN8O7S. The van der Waals surface area contributed by atoms with Crippen molar-refractivity contribution < 1.29 is 38.3 Å². The Kier molecular flexibility index (Phi) is 14.4. The molecule has 4 aliphatic heterocycles. The Morgan fingerprint density at radius 3 is 2.48 bits per heavy atom. The number of amidine groups is 1. The molecule has 8 rings (SSSR count). The molecule has 4 N–H and O–H groups in total. The van der Waals surface area contributed by atoms with E-state index in [4.69, 9.17) is 0 Å². The van der Waals surface area contributed by atoms with Gasteiger partial charge in [-0.15, -0.1) is 0 Å². The number of phenols is 1. The van der Waals surface area contributed by atoms with E-state index in [-0.39, 0.29) is 36.6 Å². The summed E-state index contributed by atoms with van der Waals surface area (Å²) in [5, 5.41) is 19.5. The van der Waals surface area contributed by atoms with Crippen molar-refractivity contribution in [3.8, 4) is 16.9 Å². The number of nitrogens with one attached hydrogen (secondary N) is 3. The summed E-state index contributed by atoms with van der Waals surface area (Å²) in [5.74, 6) is -2.77. The van der Waals surface area contributed by atoms with Crippen LogP contribution in [-0.4, -0.2) is 119 Å². The Hall–Kier alpha value is -6.59. The molecule has 0 spiro atoms. The molecule has 4 aliphatic rings. The van der Waals surface area contributed by atoms with Crippen molar-refractivity contribution in [2.75, 3.05) is 61.8 Å². The van der Waals surface area contributed by atoms with E-state index in [1.54, 1.807) is 12.1 Å². The molecule has 0 aromatic heterocycles. The fraction of sp³-hybridized carbons (Fsp3) is 0.367. The predicted molar refractivity (Wildman–Crippen MR) is 251 cm³/mol. The van der Waals surface area contributed by atoms with E-state index < -0.39 is 41.5 Å². The number of hydrogen-bond acceptors (Lipinski definition) is 12. The minimum atomic E-state index is -1.27. The second-order valence-electron chi connectivity index (χ2n) is 16.9. The molecule has 0 radical (unpaired) electrons. The minimum Gasteiger partial charge on any atom is -0.508 e. The fourth-order valence-corrected chi connectivity index (χ4v) is 9.76. The largest absolute Gasteiger partial charge is 0.508 e. The molecule has 17 heteroatoms. The number of piperazine rings is 1. The number of rotatable bonds is 16. The molecule has 15 nitrogen and oxygen atoms in total. The maximum atomic E-state index is 14.4. The van der Waals surface area contributed by atoms with Crippen molar-refractivity contribution in [3.63, 3.8) is 0 Å². The summed E-state index contributed by atoms with van der Waals surface area (Å²) in [7, 11) is 0. The van der Waals surface area contributed by atoms with Crippen molar-refractivity contribution in [3.05, 3.63) is 112 Å². The van der Waals surface area contributed by atoms with Gasteiger partial charge in [0, 0.05) is 79.5 Å². The highest BCUT2D eigenvalue weighted by Gasteiger charge is 2.40. The van der Waals surface area contributed by atoms with Gasteiger partial charge in [-0.2, -0.15) is 0 Å². The lowest BCUT2D eigenvalue weighted by molar-refractivity contribution is -0.139. The molecule has 4 heterocycles. The number of fused-ring (bicyclic) bond motifs is 1. The highest BCUT2D eigenvalue weighted by molar-refractivity contribution is 8.14. The summed E-state index contributed by atoms with van der Waals surface area (Å²) in [6.45, 7) is 8.00. The number of benzene rings is 4. The molecule has 2 saturated heterocycles. The number of aliphatic imine (C=N–C) groups is 1. The van der Waals surface area contributed by atoms with Crippen LogP contribution >= 0.6 is 11.8 Å². The Bertz CT molecular complexity index is 2550. The summed E-state index contributed by atoms with van der Waals surface area (Å²) >= 11 is 1.39. The van der Waals surface area contributed by atoms with Gasteiger partial charge in [-0.05, 0) is 104 Å². The van der Waals surface area contributed by atoms with Gasteiger partial charge in [0.05, 0.1) is 6.54 Å². The molecule has 2 unspecified atom stereocenters. The molecule has 2 fully saturated rings. The average molecular weight is 917 g/mol. The predicted octanol–water partition coefficient (Wildman–Crippen LogP) is 5.62. The summed E-state index contributed by atoms with van der Waals surface area (Å²) < 4.78 is 14.4. The third-order valence-corrected chi connectivity index (χ3v) is 13.6. The number of piperidine rings is 1. The second-order valence-corrected chi connectivity index (χ2v) is 18.0. The van der Waals surface area contributed by atoms with Gasteiger partial charge in [-0.3, -0.25) is 48.9 Å². The normalized spacial score (nSPS) is 17.8. The minimum absolute atomic E-state index is 0.00425. The smallest absolute Gasteiger partial charge is 0.261 e. The molecule has 344 valence electrons. The zero-order chi connectivity index (χ0) is 46.3. The Balaban J connectivity index is 0.778. The van der Waals surface area contributed by atoms with Gasteiger partial charge in [0.25, 0.3) is 17.7 Å². The number of carbonyl (C=O) groups is 6. The lowest BCUT2D eigenvalue weighted by atomic mass is 10.00. The van der Waals surface area contributed by atoms with E-state index in [1.165, 1.54) is 22.7 Å². The van der Waals surface area contributed by atoms with Crippen molar-refractivity contribution in [1.82, 2.24) is 25.3 Å². The summed E-state index contributed by atoms with van der Waals surface area (Å²) in [6.07, 6.45) is 4.72. The van der Waals surface area contributed by atoms with E-state index in [0.29, 0.717) is 34.8 Å². The maximum Gasteiger partial charge on any atom is 0.261 e. The highest BCUT2D eigenvalue weighted by atomic mass is 32.2. The van der Waals surface area contributed by atoms with Crippen molar-refractivity contribution in [1.29, 1.82) is 0 Å². The van der Waals surface area contributed by atoms with Crippen LogP contribution in [0.4, 0.5) is 15.8 Å². The first kappa shape index (κ1) is 46.0. The van der Waals surface area contributed by atoms with Gasteiger partial charge in [-0.1, -0.05) is 54.9 Å². The number of aromatic hydroxyl groups is 1. The van der Waals surface area contributed by atoms with Crippen LogP contribution in [0.15, 0.2) is 83.9 Å². The number of halogens is 1. The molecule has 0 aliphatic carbocycles. The van der Waals surface area contributed by atoms with E-state index in [9.17, 15) is 38.3 Å². The first-order chi connectivity index (χ1) is 32.0. The van der Waals surface area contributed by atoms with Crippen molar-refractivity contribution in [2.45, 2.75) is 64.1 Å². The molecule has 66 heavy (non-hydrogen) atoms. The van der Waals surface area contributed by atoms with Gasteiger partial charge in [0.15, 0.2) is 5.17 Å². The summed E-state index contributed by atoms with van der Waals surface area (Å²) in [6, 6.07) is 20.4. The van der Waals surface area contributed by atoms with Crippen LogP contribution in [0, 0.1) is 12.7 Å². The topological polar surface area (TPSA) is 184 Å². The first-order valence-electron chi connectivity index (χ1n) is 22.4. The van der Waals surface area contributed by atoms with Gasteiger partial charge in [-0.25, -0.2) is 4.39 Å². The number of phenolic OH excluding ortho intramolecular Hbond substituents is 1. The van der Waals surface area contributed by atoms with Crippen molar-refractivity contribution in [2.24, 2.45) is 4.99 Å². The van der Waals surface area contributed by atoms with Crippen LogP contribution in [0.25, 0.3) is 11.1 Å². The third kappa shape index (κ3) is 10.3. The fourth-order valence-electron chi connectivity index (χ4n) is 9.03. The van der Waals surface area contributed by atoms with E-state index in [0.717, 1.165) is 116 Å². The number of thioether (sulfide) groups is 1. The van der Waals surface area contributed by atoms with Gasteiger partial charge in [0.2, 0.25) is 18.2 Å². The average Bonchev–Trinajstić information content (AvgIpc) is 3.95. The van der Waals surface area contributed by atoms with Gasteiger partial charge >= 0.3 is 0 Å². The van der Waals surface area contributed by atoms with Gasteiger partial charge in [0.1, 0.15) is 23.7 Å². The molecule has 2 atom stereocenters. The quantitative estimate of drug-likeness (QED) is 0.0622. The van der Waals surface area contributed by atoms with Crippen LogP contribution in [0.2, 0.25) is 0 Å². The number of carbonyl (C=O) groups excluding carboxylic acids is 6. The number of hydrogen-bond donors (Lipinski definition) is 4. The summed E-state index contributed by atoms with van der Waals surface area (Å²) in [4.78, 5) is 88.2. The van der Waals surface area contributed by atoms with Crippen LogP contribution in [-0.2, 0) is 25.7 Å². The standard InChI is InChI=1S/C49H53FN8O7S/c1-31-37(47(64)58(30-59)41-16-18-43(61)53-45(41)62)7-6-8-40(31)51-19-4-2-3-5-21-55-22-24-56(25-23-55)36-14-11-32(12-15-36)33-9-10-34-29-57(48(65)38(34)27-33)44(39-28-35(50)13-17-42(39)60)46(63)54-49-52-20-26-66-49/h6-15,17,27-28,30,41,44,51,60H,2-5,16,18-26,29H2,1H3,(H,52,54,63)(H,53,61,62). The van der Waals surface area contributed by atoms with Crippen LogP contribution in [0.3, 0.4) is 0 Å². The Labute approximate surface area is 386 Å². The third-order valence-electron chi connectivity index (χ3n) is 12.7. The van der Waals surface area contributed by atoms with Crippen LogP contribution < -0.4 is 20.9 Å². The van der Waals surface area contributed by atoms with E-state index >= 15 is 0 Å². The molecule has 0 saturated carbocycles. The summed E-state index contributed by atoms with van der Waals surface area (Å²) in [5.41, 5.74) is 5.94. The Morgan fingerprint density at radius 2 is 1.74 bits per heavy atom. The SMILES string of the molecule is Cc1c(NCCCCCCN2CCN(c3ccc(-c4ccc5c(c4)C(=O)N(C(C(=O)NC4=NCCS4)c4cc(F)ccc4O)C5)cc3)CC2)cccc1C(=O)N(C=O)C1CCC(=O)NC1=O. The number of anilines is 2. The lowest BCUT2D eigenvalue weighted by Gasteiger charge is -2.36. The van der Waals surface area contributed by atoms with Crippen molar-refractivity contribution >= 4 is 64.3 Å². The van der Waals surface area contributed by atoms with Crippen LogP contribution in [0.1, 0.15) is 82.0 Å². The molecule has 6 amide bonds. The zero-order valence-corrected chi connectivity index (χ0v) is 37.6. The van der Waals surface area contributed by atoms with Crippen LogP contribution in [0.5, 0.6) is 5.75 Å². The second kappa shape index (κ2) is 20.7. The molecular weight excluding hydrogens is 864 g/mol. The van der Waals surface area contributed by atoms with E-state index in [2.05, 4.69) is 55.0 Å². The Morgan fingerprint density at radius 1 is 0.970 bits per heavy atom. The highest BCUT2D eigenvalue weighted by Crippen LogP contribution is 2.38. The first-order valence-corrected chi connectivity index (χ1v) is 23.4. The number of unbranched alkanes of at least 4 members (excludes halogenated alkanes) is 3. The van der Waals surface area contributed by atoms with E-state index in [1.807, 2.05) is 31.2 Å². The molecule has 4 aromatic carbocycles. The number of amides is 6.